The van der Waals surface area contributed by atoms with Gasteiger partial charge in [-0.3, -0.25) is 0 Å². The molecule has 0 aliphatic rings. The molecule has 0 aliphatic carbocycles. The predicted octanol–water partition coefficient (Wildman–Crippen LogP) is 3.41. The lowest BCUT2D eigenvalue weighted by Gasteiger charge is -2.23. The molecule has 1 N–H and O–H groups in total. The van der Waals surface area contributed by atoms with Crippen LogP contribution in [0.5, 0.6) is 0 Å². The summed E-state index contributed by atoms with van der Waals surface area (Å²) < 4.78 is 28.3. The fourth-order valence-electron chi connectivity index (χ4n) is 2.17. The van der Waals surface area contributed by atoms with E-state index in [4.69, 9.17) is 9.15 Å². The Bertz CT molecular complexity index is 765. The highest BCUT2D eigenvalue weighted by molar-refractivity contribution is 5.86. The summed E-state index contributed by atoms with van der Waals surface area (Å²) in [5, 5.41) is 2.71. The Morgan fingerprint density at radius 3 is 2.50 bits per heavy atom. The first-order valence-corrected chi connectivity index (χ1v) is 7.95. The highest BCUT2D eigenvalue weighted by Crippen LogP contribution is 2.20. The number of benzene rings is 1. The summed E-state index contributed by atoms with van der Waals surface area (Å²) in [6.45, 7) is 5.24. The van der Waals surface area contributed by atoms with Gasteiger partial charge in [0.25, 0.3) is 0 Å². The minimum absolute atomic E-state index is 0.0256. The van der Waals surface area contributed by atoms with E-state index in [1.165, 1.54) is 25.5 Å². The van der Waals surface area contributed by atoms with Crippen molar-refractivity contribution in [2.24, 2.45) is 0 Å². The van der Waals surface area contributed by atoms with Gasteiger partial charge in [-0.25, -0.2) is 19.0 Å². The van der Waals surface area contributed by atoms with E-state index >= 15 is 0 Å². The van der Waals surface area contributed by atoms with Gasteiger partial charge < -0.3 is 19.2 Å². The maximum Gasteiger partial charge on any atom is 0.408 e. The summed E-state index contributed by atoms with van der Waals surface area (Å²) in [4.78, 5) is 27.6. The molecule has 0 fully saturated rings. The van der Waals surface area contributed by atoms with Gasteiger partial charge >= 0.3 is 12.1 Å². The van der Waals surface area contributed by atoms with Gasteiger partial charge in [-0.2, -0.15) is 0 Å². The third-order valence-electron chi connectivity index (χ3n) is 3.29. The molecule has 26 heavy (non-hydrogen) atoms. The first-order chi connectivity index (χ1) is 12.2. The first kappa shape index (κ1) is 19.4. The van der Waals surface area contributed by atoms with Crippen molar-refractivity contribution in [3.63, 3.8) is 0 Å². The van der Waals surface area contributed by atoms with Crippen LogP contribution in [0.25, 0.3) is 0 Å². The number of hydrogen-bond donors (Lipinski definition) is 1. The number of carbonyl (C=O) groups is 2. The number of esters is 1. The van der Waals surface area contributed by atoms with E-state index in [-0.39, 0.29) is 18.0 Å². The van der Waals surface area contributed by atoms with Crippen molar-refractivity contribution in [2.75, 3.05) is 7.11 Å². The molecule has 140 valence electrons. The molecule has 0 saturated carbocycles. The molecule has 1 atom stereocenters. The number of nitrogens with zero attached hydrogens (tertiary/aromatic N) is 1. The molecule has 0 bridgehead atoms. The second-order valence-electron chi connectivity index (χ2n) is 6.57. The minimum atomic E-state index is -0.668. The van der Waals surface area contributed by atoms with E-state index in [9.17, 15) is 14.0 Å². The molecule has 1 aromatic carbocycles. The Kier molecular flexibility index (Phi) is 5.97. The van der Waals surface area contributed by atoms with Crippen LogP contribution < -0.4 is 5.32 Å². The number of nitrogens with one attached hydrogen (secondary N) is 1. The largest absolute Gasteiger partial charge is 0.464 e. The lowest BCUT2D eigenvalue weighted by molar-refractivity contribution is 0.0500. The number of alkyl carbamates (subject to hydrolysis) is 1. The van der Waals surface area contributed by atoms with Gasteiger partial charge in [-0.1, -0.05) is 12.1 Å². The third kappa shape index (κ3) is 5.58. The molecule has 0 saturated heterocycles. The molecule has 0 radical (unpaired) electrons. The summed E-state index contributed by atoms with van der Waals surface area (Å²) in [5.74, 6) is -0.803. The van der Waals surface area contributed by atoms with Crippen molar-refractivity contribution in [1.82, 2.24) is 10.3 Å². The van der Waals surface area contributed by atoms with Gasteiger partial charge in [-0.15, -0.1) is 0 Å². The molecule has 1 amide bonds. The SMILES string of the molecule is COC(=O)c1coc(CC(NC(=O)OC(C)(C)C)c2ccc(F)cc2)n1. The second kappa shape index (κ2) is 7.99. The molecule has 8 heteroatoms. The van der Waals surface area contributed by atoms with E-state index in [1.54, 1.807) is 32.9 Å². The van der Waals surface area contributed by atoms with Crippen LogP contribution in [-0.2, 0) is 15.9 Å². The van der Waals surface area contributed by atoms with Crippen molar-refractivity contribution in [2.45, 2.75) is 38.8 Å². The zero-order chi connectivity index (χ0) is 19.3. The van der Waals surface area contributed by atoms with Crippen LogP contribution in [0, 0.1) is 5.82 Å². The normalized spacial score (nSPS) is 12.3. The zero-order valence-corrected chi connectivity index (χ0v) is 15.0. The number of rotatable bonds is 5. The van der Waals surface area contributed by atoms with Crippen LogP contribution in [0.15, 0.2) is 34.9 Å². The van der Waals surface area contributed by atoms with Crippen molar-refractivity contribution < 1.29 is 27.9 Å². The molecular formula is C18H21FN2O5. The first-order valence-electron chi connectivity index (χ1n) is 7.95. The molecule has 1 heterocycles. The lowest BCUT2D eigenvalue weighted by atomic mass is 10.0. The van der Waals surface area contributed by atoms with E-state index in [2.05, 4.69) is 15.0 Å². The van der Waals surface area contributed by atoms with Crippen molar-refractivity contribution in [3.8, 4) is 0 Å². The molecule has 2 rings (SSSR count). The fraction of sp³-hybridized carbons (Fsp3) is 0.389. The van der Waals surface area contributed by atoms with Gasteiger partial charge in [0.1, 0.15) is 17.7 Å². The topological polar surface area (TPSA) is 90.7 Å². The molecule has 0 spiro atoms. The minimum Gasteiger partial charge on any atom is -0.464 e. The lowest BCUT2D eigenvalue weighted by Crippen LogP contribution is -2.35. The van der Waals surface area contributed by atoms with Crippen molar-refractivity contribution in [1.29, 1.82) is 0 Å². The standard InChI is InChI=1S/C18H21FN2O5/c1-18(2,3)26-17(23)21-13(11-5-7-12(19)8-6-11)9-15-20-14(10-25-15)16(22)24-4/h5-8,10,13H,9H2,1-4H3,(H,21,23). The number of aromatic nitrogens is 1. The number of amides is 1. The summed E-state index contributed by atoms with van der Waals surface area (Å²) >= 11 is 0. The van der Waals surface area contributed by atoms with E-state index < -0.39 is 29.5 Å². The van der Waals surface area contributed by atoms with Crippen LogP contribution in [0.1, 0.15) is 48.8 Å². The van der Waals surface area contributed by atoms with E-state index in [0.717, 1.165) is 0 Å². The highest BCUT2D eigenvalue weighted by Gasteiger charge is 2.23. The molecule has 1 unspecified atom stereocenters. The molecule has 2 aromatic rings. The van der Waals surface area contributed by atoms with E-state index in [0.29, 0.717) is 5.56 Å². The maximum absolute atomic E-state index is 13.2. The van der Waals surface area contributed by atoms with Gasteiger partial charge in [0.05, 0.1) is 13.2 Å². The number of methoxy groups -OCH3 is 1. The third-order valence-corrected chi connectivity index (χ3v) is 3.29. The number of halogens is 1. The van der Waals surface area contributed by atoms with Gasteiger partial charge in [0, 0.05) is 6.42 Å². The van der Waals surface area contributed by atoms with Crippen molar-refractivity contribution in [3.05, 3.63) is 53.5 Å². The maximum atomic E-state index is 13.2. The quantitative estimate of drug-likeness (QED) is 0.818. The highest BCUT2D eigenvalue weighted by atomic mass is 19.1. The zero-order valence-electron chi connectivity index (χ0n) is 15.0. The Balaban J connectivity index is 2.20. The molecule has 1 aromatic heterocycles. The van der Waals surface area contributed by atoms with Gasteiger partial charge in [0.15, 0.2) is 11.6 Å². The molecular weight excluding hydrogens is 343 g/mol. The molecule has 7 nitrogen and oxygen atoms in total. The van der Waals surface area contributed by atoms with Crippen LogP contribution in [0.3, 0.4) is 0 Å². The second-order valence-corrected chi connectivity index (χ2v) is 6.57. The Morgan fingerprint density at radius 2 is 1.92 bits per heavy atom. The van der Waals surface area contributed by atoms with Gasteiger partial charge in [-0.05, 0) is 38.5 Å². The number of ether oxygens (including phenoxy) is 2. The van der Waals surface area contributed by atoms with Gasteiger partial charge in [0.2, 0.25) is 0 Å². The summed E-state index contributed by atoms with van der Waals surface area (Å²) in [5.41, 5.74) is -0.00833. The average molecular weight is 364 g/mol. The van der Waals surface area contributed by atoms with Crippen LogP contribution in [-0.4, -0.2) is 29.8 Å². The van der Waals surface area contributed by atoms with E-state index in [1.807, 2.05) is 0 Å². The molecule has 0 aliphatic heterocycles. The fourth-order valence-corrected chi connectivity index (χ4v) is 2.17. The monoisotopic (exact) mass is 364 g/mol. The predicted molar refractivity (Wildman–Crippen MR) is 90.1 cm³/mol. The smallest absolute Gasteiger partial charge is 0.408 e. The number of oxazole rings is 1. The summed E-state index contributed by atoms with van der Waals surface area (Å²) in [7, 11) is 1.24. The van der Waals surface area contributed by atoms with Crippen LogP contribution >= 0.6 is 0 Å². The summed E-state index contributed by atoms with van der Waals surface area (Å²) in [6, 6.07) is 5.07. The number of carbonyl (C=O) groups excluding carboxylic acids is 2. The Morgan fingerprint density at radius 1 is 1.27 bits per heavy atom. The Labute approximate surface area is 150 Å². The average Bonchev–Trinajstić information content (AvgIpc) is 3.01. The van der Waals surface area contributed by atoms with Crippen LogP contribution in [0.4, 0.5) is 9.18 Å². The van der Waals surface area contributed by atoms with Crippen LogP contribution in [0.2, 0.25) is 0 Å². The van der Waals surface area contributed by atoms with Crippen molar-refractivity contribution >= 4 is 12.1 Å². The number of hydrogen-bond acceptors (Lipinski definition) is 6. The summed E-state index contributed by atoms with van der Waals surface area (Å²) in [6.07, 6.45) is 0.685. The Hall–Kier alpha value is -2.90.